The molecule has 0 unspecified atom stereocenters. The van der Waals surface area contributed by atoms with Crippen LogP contribution in [-0.2, 0) is 11.5 Å². The van der Waals surface area contributed by atoms with Gasteiger partial charge in [-0.25, -0.2) is 0 Å². The fourth-order valence-corrected chi connectivity index (χ4v) is 5.61. The highest BCUT2D eigenvalue weighted by molar-refractivity contribution is 8.21. The van der Waals surface area contributed by atoms with Crippen molar-refractivity contribution < 1.29 is 0 Å². The molecular weight excluding hydrogens is 527 g/mol. The van der Waals surface area contributed by atoms with E-state index in [1.54, 1.807) is 35.9 Å². The molecule has 0 radical (unpaired) electrons. The summed E-state index contributed by atoms with van der Waals surface area (Å²) in [6.07, 6.45) is 4.08. The summed E-state index contributed by atoms with van der Waals surface area (Å²) in [4.78, 5) is 8.95. The van der Waals surface area contributed by atoms with E-state index in [4.69, 9.17) is 5.26 Å². The Morgan fingerprint density at radius 1 is 0.800 bits per heavy atom. The summed E-state index contributed by atoms with van der Waals surface area (Å²) in [5, 5.41) is 8.63. The van der Waals surface area contributed by atoms with Crippen LogP contribution < -0.4 is 0 Å². The Balaban J connectivity index is 2.05. The normalized spacial score (nSPS) is 11.6. The second-order valence-corrected chi connectivity index (χ2v) is 12.2. The van der Waals surface area contributed by atoms with Gasteiger partial charge >= 0.3 is 0 Å². The van der Waals surface area contributed by atoms with Crippen LogP contribution >= 0.6 is 98.4 Å². The molecule has 0 saturated carbocycles. The first kappa shape index (κ1) is 26.3. The van der Waals surface area contributed by atoms with Crippen LogP contribution in [0.15, 0.2) is 53.6 Å². The number of pyridine rings is 2. The number of rotatable bonds is 10. The van der Waals surface area contributed by atoms with Gasteiger partial charge in [0.25, 0.3) is 0 Å². The minimum atomic E-state index is 0.495. The van der Waals surface area contributed by atoms with Gasteiger partial charge in [0.1, 0.15) is 0 Å². The molecule has 0 amide bonds. The van der Waals surface area contributed by atoms with Crippen molar-refractivity contribution in [3.05, 3.63) is 64.7 Å². The average molecular weight is 546 g/mol. The summed E-state index contributed by atoms with van der Waals surface area (Å²) in [6.45, 7) is 0. The van der Waals surface area contributed by atoms with Gasteiger partial charge in [-0.05, 0) is 35.4 Å². The topological polar surface area (TPSA) is 49.6 Å². The maximum Gasteiger partial charge on any atom is 0.0889 e. The van der Waals surface area contributed by atoms with E-state index in [9.17, 15) is 0 Å². The molecule has 158 valence electrons. The predicted molar refractivity (Wildman–Crippen MR) is 152 cm³/mol. The van der Waals surface area contributed by atoms with E-state index in [1.165, 1.54) is 11.8 Å². The zero-order valence-electron chi connectivity index (χ0n) is 15.6. The molecular formula is C19H19N3S8. The SMILES string of the molecule is N#CCCS/C(S)=C(/S)SCc1ccnc(-c2cc(CSC(S)=C(S)S)ccn2)c1. The Hall–Kier alpha value is 0.0700. The first-order valence-corrected chi connectivity index (χ1v) is 13.7. The van der Waals surface area contributed by atoms with Crippen LogP contribution in [0.4, 0.5) is 0 Å². The molecule has 0 aliphatic carbocycles. The number of hydrogen-bond donors (Lipinski definition) is 5. The van der Waals surface area contributed by atoms with Crippen molar-refractivity contribution in [2.45, 2.75) is 17.9 Å². The zero-order chi connectivity index (χ0) is 21.9. The molecule has 0 bridgehead atoms. The van der Waals surface area contributed by atoms with E-state index in [2.05, 4.69) is 79.2 Å². The minimum Gasteiger partial charge on any atom is -0.255 e. The molecule has 0 aliphatic rings. The van der Waals surface area contributed by atoms with Gasteiger partial charge in [-0.15, -0.1) is 98.4 Å². The van der Waals surface area contributed by atoms with Gasteiger partial charge in [0.2, 0.25) is 0 Å². The van der Waals surface area contributed by atoms with E-state index in [0.29, 0.717) is 16.4 Å². The fraction of sp³-hybridized carbons (Fsp3) is 0.211. The van der Waals surface area contributed by atoms with E-state index >= 15 is 0 Å². The molecule has 0 saturated heterocycles. The van der Waals surface area contributed by atoms with Gasteiger partial charge in [0.05, 0.1) is 34.4 Å². The third-order valence-corrected chi connectivity index (χ3v) is 9.83. The molecule has 0 N–H and O–H groups in total. The fourth-order valence-electron chi connectivity index (χ4n) is 2.09. The predicted octanol–water partition coefficient (Wildman–Crippen LogP) is 7.16. The Morgan fingerprint density at radius 3 is 1.80 bits per heavy atom. The van der Waals surface area contributed by atoms with Crippen molar-refractivity contribution in [3.63, 3.8) is 0 Å². The second-order valence-electron chi connectivity index (χ2n) is 5.67. The van der Waals surface area contributed by atoms with Crippen molar-refractivity contribution in [2.24, 2.45) is 0 Å². The maximum atomic E-state index is 8.63. The first-order chi connectivity index (χ1) is 14.4. The zero-order valence-corrected chi connectivity index (χ0v) is 22.5. The van der Waals surface area contributed by atoms with Crippen LogP contribution in [-0.4, -0.2) is 15.7 Å². The number of nitrogens with zero attached hydrogens (tertiary/aromatic N) is 3. The number of aromatic nitrogens is 2. The number of nitriles is 1. The smallest absolute Gasteiger partial charge is 0.0889 e. The highest BCUT2D eigenvalue weighted by atomic mass is 32.2. The van der Waals surface area contributed by atoms with E-state index in [-0.39, 0.29) is 0 Å². The molecule has 0 atom stereocenters. The van der Waals surface area contributed by atoms with Gasteiger partial charge in [-0.1, -0.05) is 0 Å². The standard InChI is InChI=1S/C19H19N3S8/c20-4-1-7-28-18(26)19(27)30-11-13-3-6-22-15(9-13)14-8-12(2-5-21-14)10-29-17(25)16(23)24/h2-3,5-6,8-9,23-27H,1,7,10-11H2/b19-18-. The van der Waals surface area contributed by atoms with Gasteiger partial charge in [-0.3, -0.25) is 9.97 Å². The Bertz CT molecular complexity index is 964. The molecule has 0 aromatic carbocycles. The van der Waals surface area contributed by atoms with Crippen LogP contribution in [0.5, 0.6) is 0 Å². The lowest BCUT2D eigenvalue weighted by Crippen LogP contribution is -1.92. The van der Waals surface area contributed by atoms with Gasteiger partial charge in [0, 0.05) is 36.1 Å². The molecule has 0 fully saturated rings. The van der Waals surface area contributed by atoms with E-state index in [1.807, 2.05) is 24.3 Å². The summed E-state index contributed by atoms with van der Waals surface area (Å²) < 4.78 is 3.07. The monoisotopic (exact) mass is 545 g/mol. The van der Waals surface area contributed by atoms with Crippen molar-refractivity contribution >= 4 is 98.4 Å². The van der Waals surface area contributed by atoms with Crippen molar-refractivity contribution in [2.75, 3.05) is 5.75 Å². The Labute approximate surface area is 217 Å². The lowest BCUT2D eigenvalue weighted by atomic mass is 10.1. The lowest BCUT2D eigenvalue weighted by molar-refractivity contribution is 1.20. The molecule has 0 aliphatic heterocycles. The number of thiol groups is 5. The molecule has 30 heavy (non-hydrogen) atoms. The summed E-state index contributed by atoms with van der Waals surface area (Å²) in [7, 11) is 0. The van der Waals surface area contributed by atoms with Gasteiger partial charge < -0.3 is 0 Å². The van der Waals surface area contributed by atoms with Crippen LogP contribution in [0, 0.1) is 11.3 Å². The highest BCUT2D eigenvalue weighted by Gasteiger charge is 2.07. The lowest BCUT2D eigenvalue weighted by Gasteiger charge is -2.08. The summed E-state index contributed by atoms with van der Waals surface area (Å²) in [6, 6.07) is 10.2. The molecule has 2 heterocycles. The van der Waals surface area contributed by atoms with Crippen LogP contribution in [0.3, 0.4) is 0 Å². The molecule has 2 aromatic rings. The molecule has 3 nitrogen and oxygen atoms in total. The largest absolute Gasteiger partial charge is 0.255 e. The third kappa shape index (κ3) is 9.28. The molecule has 2 rings (SSSR count). The minimum absolute atomic E-state index is 0.495. The van der Waals surface area contributed by atoms with Crippen LogP contribution in [0.1, 0.15) is 17.5 Å². The first-order valence-electron chi connectivity index (χ1n) is 8.49. The van der Waals surface area contributed by atoms with E-state index < -0.39 is 0 Å². The van der Waals surface area contributed by atoms with E-state index in [0.717, 1.165) is 46.7 Å². The summed E-state index contributed by atoms with van der Waals surface area (Å²) in [5.41, 5.74) is 3.89. The Morgan fingerprint density at radius 2 is 1.30 bits per heavy atom. The van der Waals surface area contributed by atoms with Crippen molar-refractivity contribution in [1.82, 2.24) is 9.97 Å². The Kier molecular flexibility index (Phi) is 12.5. The molecule has 2 aromatic heterocycles. The summed E-state index contributed by atoms with van der Waals surface area (Å²) >= 11 is 26.5. The van der Waals surface area contributed by atoms with Gasteiger partial charge in [-0.2, -0.15) is 5.26 Å². The maximum absolute atomic E-state index is 8.63. The summed E-state index contributed by atoms with van der Waals surface area (Å²) in [5.74, 6) is 2.21. The third-order valence-electron chi connectivity index (χ3n) is 3.49. The number of hydrogen-bond acceptors (Lipinski definition) is 11. The quantitative estimate of drug-likeness (QED) is 0.161. The van der Waals surface area contributed by atoms with Crippen molar-refractivity contribution in [3.8, 4) is 17.5 Å². The van der Waals surface area contributed by atoms with Crippen LogP contribution in [0.2, 0.25) is 0 Å². The molecule has 0 spiro atoms. The second kappa shape index (κ2) is 14.3. The van der Waals surface area contributed by atoms with Crippen molar-refractivity contribution in [1.29, 1.82) is 5.26 Å². The average Bonchev–Trinajstić information content (AvgIpc) is 2.76. The molecule has 11 heteroatoms. The van der Waals surface area contributed by atoms with Gasteiger partial charge in [0.15, 0.2) is 0 Å². The highest BCUT2D eigenvalue weighted by Crippen LogP contribution is 2.35. The van der Waals surface area contributed by atoms with Crippen LogP contribution in [0.25, 0.3) is 11.4 Å². The number of thioether (sulfide) groups is 3.